The largest absolute Gasteiger partial charge is 0.433 e. The number of sulfonamides is 1. The summed E-state index contributed by atoms with van der Waals surface area (Å²) in [5.41, 5.74) is -2.94. The molecule has 0 unspecified atom stereocenters. The number of hydrogen-bond acceptors (Lipinski definition) is 6. The van der Waals surface area contributed by atoms with Gasteiger partial charge in [0.2, 0.25) is 10.0 Å². The summed E-state index contributed by atoms with van der Waals surface area (Å²) in [6.07, 6.45) is -4.73. The number of morpholine rings is 1. The van der Waals surface area contributed by atoms with E-state index < -0.39 is 33.1 Å². The van der Waals surface area contributed by atoms with Crippen LogP contribution < -0.4 is 11.2 Å². The lowest BCUT2D eigenvalue weighted by Gasteiger charge is -2.26. The van der Waals surface area contributed by atoms with E-state index in [9.17, 15) is 31.2 Å². The lowest BCUT2D eigenvalue weighted by Crippen LogP contribution is -2.41. The van der Waals surface area contributed by atoms with Crippen LogP contribution in [0.1, 0.15) is 11.3 Å². The number of fused-ring (bicyclic) bond motifs is 1. The molecule has 0 N–H and O–H groups in total. The molecule has 176 valence electrons. The van der Waals surface area contributed by atoms with Crippen molar-refractivity contribution >= 4 is 21.1 Å². The molecule has 1 fully saturated rings. The first-order chi connectivity index (χ1) is 15.5. The summed E-state index contributed by atoms with van der Waals surface area (Å²) in [7, 11) is -2.58. The number of ether oxygens (including phenoxy) is 1. The van der Waals surface area contributed by atoms with Gasteiger partial charge in [0.05, 0.1) is 30.0 Å². The van der Waals surface area contributed by atoms with Crippen LogP contribution in [0.4, 0.5) is 13.2 Å². The normalized spacial score (nSPS) is 15.8. The van der Waals surface area contributed by atoms with Gasteiger partial charge in [0.1, 0.15) is 11.3 Å². The van der Waals surface area contributed by atoms with Crippen LogP contribution in [0.15, 0.2) is 50.9 Å². The molecule has 4 rings (SSSR count). The van der Waals surface area contributed by atoms with E-state index in [0.29, 0.717) is 11.6 Å². The Balaban J connectivity index is 1.75. The van der Waals surface area contributed by atoms with Crippen LogP contribution >= 0.6 is 0 Å². The lowest BCUT2D eigenvalue weighted by molar-refractivity contribution is -0.141. The van der Waals surface area contributed by atoms with Crippen LogP contribution in [0, 0.1) is 0 Å². The Labute approximate surface area is 185 Å². The van der Waals surface area contributed by atoms with Crippen molar-refractivity contribution in [2.24, 2.45) is 7.05 Å². The highest BCUT2D eigenvalue weighted by atomic mass is 32.2. The molecule has 1 aliphatic rings. The Bertz CT molecular complexity index is 1440. The molecule has 1 aliphatic heterocycles. The second-order valence-corrected chi connectivity index (χ2v) is 9.40. The van der Waals surface area contributed by atoms with Crippen LogP contribution in [0.5, 0.6) is 0 Å². The zero-order valence-electron chi connectivity index (χ0n) is 17.4. The molecule has 3 heterocycles. The number of aromatic nitrogens is 3. The molecule has 0 atom stereocenters. The van der Waals surface area contributed by atoms with Crippen molar-refractivity contribution in [1.29, 1.82) is 0 Å². The van der Waals surface area contributed by atoms with Gasteiger partial charge >= 0.3 is 11.9 Å². The molecule has 1 aromatic carbocycles. The molecule has 0 amide bonds. The van der Waals surface area contributed by atoms with Crippen LogP contribution in [0.25, 0.3) is 11.0 Å². The van der Waals surface area contributed by atoms with Gasteiger partial charge in [0.15, 0.2) is 0 Å². The maximum atomic E-state index is 13.0. The van der Waals surface area contributed by atoms with Crippen molar-refractivity contribution in [3.05, 3.63) is 68.5 Å². The van der Waals surface area contributed by atoms with Gasteiger partial charge in [0.25, 0.3) is 5.56 Å². The third-order valence-corrected chi connectivity index (χ3v) is 7.22. The summed E-state index contributed by atoms with van der Waals surface area (Å²) < 4.78 is 72.9. The third kappa shape index (κ3) is 4.30. The van der Waals surface area contributed by atoms with Gasteiger partial charge in [-0.2, -0.15) is 17.5 Å². The standard InChI is InChI=1S/C20H19F3N4O5S/c1-25-17-15(5-6-16(24-17)20(21,22)23)18(28)27(19(25)29)12-13-3-2-4-14(11-13)33(30,31)26-7-9-32-10-8-26/h2-6,11H,7-10,12H2,1H3. The van der Waals surface area contributed by atoms with Gasteiger partial charge in [-0.3, -0.25) is 13.9 Å². The maximum absolute atomic E-state index is 13.0. The van der Waals surface area contributed by atoms with Crippen molar-refractivity contribution in [2.45, 2.75) is 17.6 Å². The molecule has 13 heteroatoms. The van der Waals surface area contributed by atoms with Gasteiger partial charge in [-0.05, 0) is 29.8 Å². The molecule has 0 aliphatic carbocycles. The van der Waals surface area contributed by atoms with Gasteiger partial charge < -0.3 is 4.74 Å². The fourth-order valence-corrected chi connectivity index (χ4v) is 5.07. The van der Waals surface area contributed by atoms with Gasteiger partial charge in [0, 0.05) is 20.1 Å². The second kappa shape index (κ2) is 8.39. The molecule has 0 bridgehead atoms. The monoisotopic (exact) mass is 484 g/mol. The number of nitrogens with zero attached hydrogens (tertiary/aromatic N) is 4. The number of benzene rings is 1. The summed E-state index contributed by atoms with van der Waals surface area (Å²) in [5, 5.41) is -0.165. The zero-order valence-corrected chi connectivity index (χ0v) is 18.2. The highest BCUT2D eigenvalue weighted by Gasteiger charge is 2.33. The highest BCUT2D eigenvalue weighted by Crippen LogP contribution is 2.28. The van der Waals surface area contributed by atoms with Gasteiger partial charge in [-0.15, -0.1) is 0 Å². The minimum atomic E-state index is -4.73. The third-order valence-electron chi connectivity index (χ3n) is 5.32. The number of rotatable bonds is 4. The van der Waals surface area contributed by atoms with Crippen LogP contribution in [-0.4, -0.2) is 53.1 Å². The number of pyridine rings is 1. The lowest BCUT2D eigenvalue weighted by atomic mass is 10.2. The molecule has 2 aromatic heterocycles. The maximum Gasteiger partial charge on any atom is 0.433 e. The van der Waals surface area contributed by atoms with E-state index in [2.05, 4.69) is 4.98 Å². The van der Waals surface area contributed by atoms with E-state index in [4.69, 9.17) is 4.74 Å². The fraction of sp³-hybridized carbons (Fsp3) is 0.350. The summed E-state index contributed by atoms with van der Waals surface area (Å²) in [5.74, 6) is 0. The zero-order chi connectivity index (χ0) is 24.0. The molecule has 0 saturated carbocycles. The quantitative estimate of drug-likeness (QED) is 0.551. The summed E-state index contributed by atoms with van der Waals surface area (Å²) >= 11 is 0. The molecule has 1 saturated heterocycles. The average molecular weight is 484 g/mol. The topological polar surface area (TPSA) is 104 Å². The first-order valence-electron chi connectivity index (χ1n) is 9.85. The van der Waals surface area contributed by atoms with E-state index in [1.165, 1.54) is 29.6 Å². The highest BCUT2D eigenvalue weighted by molar-refractivity contribution is 7.89. The predicted molar refractivity (Wildman–Crippen MR) is 111 cm³/mol. The molecular weight excluding hydrogens is 465 g/mol. The first-order valence-corrected chi connectivity index (χ1v) is 11.3. The van der Waals surface area contributed by atoms with E-state index in [0.717, 1.165) is 15.2 Å². The number of halogens is 3. The summed E-state index contributed by atoms with van der Waals surface area (Å²) in [4.78, 5) is 29.1. The predicted octanol–water partition coefficient (Wildman–Crippen LogP) is 1.18. The van der Waals surface area contributed by atoms with Crippen LogP contribution in [0.3, 0.4) is 0 Å². The first kappa shape index (κ1) is 23.1. The second-order valence-electron chi connectivity index (χ2n) is 7.46. The molecular formula is C20H19F3N4O5S. The van der Waals surface area contributed by atoms with Crippen LogP contribution in [-0.2, 0) is 34.5 Å². The van der Waals surface area contributed by atoms with E-state index >= 15 is 0 Å². The van der Waals surface area contributed by atoms with E-state index in [1.807, 2.05) is 0 Å². The fourth-order valence-electron chi connectivity index (χ4n) is 3.60. The SMILES string of the molecule is Cn1c(=O)n(Cc2cccc(S(=O)(=O)N3CCOCC3)c2)c(=O)c2ccc(C(F)(F)F)nc21. The number of hydrogen-bond donors (Lipinski definition) is 0. The minimum absolute atomic E-state index is 0.00375. The molecule has 0 radical (unpaired) electrons. The number of alkyl halides is 3. The van der Waals surface area contributed by atoms with Gasteiger partial charge in [-0.1, -0.05) is 12.1 Å². The number of aryl methyl sites for hydroxylation is 1. The molecule has 33 heavy (non-hydrogen) atoms. The van der Waals surface area contributed by atoms with E-state index in [-0.39, 0.29) is 48.8 Å². The van der Waals surface area contributed by atoms with E-state index in [1.54, 1.807) is 6.07 Å². The summed E-state index contributed by atoms with van der Waals surface area (Å²) in [6, 6.07) is 7.48. The minimum Gasteiger partial charge on any atom is -0.379 e. The van der Waals surface area contributed by atoms with Gasteiger partial charge in [-0.25, -0.2) is 18.2 Å². The van der Waals surface area contributed by atoms with Crippen molar-refractivity contribution in [3.8, 4) is 0 Å². The molecule has 3 aromatic rings. The Hall–Kier alpha value is -3.03. The summed E-state index contributed by atoms with van der Waals surface area (Å²) in [6.45, 7) is 0.723. The Morgan fingerprint density at radius 1 is 1.09 bits per heavy atom. The van der Waals surface area contributed by atoms with Crippen molar-refractivity contribution in [3.63, 3.8) is 0 Å². The molecule has 0 spiro atoms. The van der Waals surface area contributed by atoms with Crippen molar-refractivity contribution in [1.82, 2.24) is 18.4 Å². The van der Waals surface area contributed by atoms with Crippen molar-refractivity contribution < 1.29 is 26.3 Å². The smallest absolute Gasteiger partial charge is 0.379 e. The van der Waals surface area contributed by atoms with Crippen molar-refractivity contribution in [2.75, 3.05) is 26.3 Å². The average Bonchev–Trinajstić information content (AvgIpc) is 2.80. The van der Waals surface area contributed by atoms with Crippen LogP contribution in [0.2, 0.25) is 0 Å². The Kier molecular flexibility index (Phi) is 5.88. The Morgan fingerprint density at radius 2 is 1.79 bits per heavy atom. The Morgan fingerprint density at radius 3 is 2.45 bits per heavy atom. The molecule has 9 nitrogen and oxygen atoms in total.